The summed E-state index contributed by atoms with van der Waals surface area (Å²) in [6.07, 6.45) is 2.92. The highest BCUT2D eigenvalue weighted by Crippen LogP contribution is 2.40. The van der Waals surface area contributed by atoms with Crippen molar-refractivity contribution < 1.29 is 24.0 Å². The Balaban J connectivity index is 1.77. The molecule has 138 valence electrons. The van der Waals surface area contributed by atoms with E-state index >= 15 is 0 Å². The molecule has 2 aliphatic rings. The summed E-state index contributed by atoms with van der Waals surface area (Å²) in [5, 5.41) is 3.65. The number of rotatable bonds is 5. The number of amides is 1. The molecule has 1 fully saturated rings. The molecular weight excluding hydrogens is 340 g/mol. The lowest BCUT2D eigenvalue weighted by atomic mass is 9.88. The van der Waals surface area contributed by atoms with Crippen molar-refractivity contribution >= 4 is 28.2 Å². The van der Waals surface area contributed by atoms with Crippen molar-refractivity contribution in [1.29, 1.82) is 0 Å². The molecular formula is C18H27N2O4S+. The van der Waals surface area contributed by atoms with Crippen molar-refractivity contribution in [1.82, 2.24) is 0 Å². The van der Waals surface area contributed by atoms with Crippen LogP contribution in [-0.4, -0.2) is 51.3 Å². The van der Waals surface area contributed by atoms with Crippen LogP contribution in [-0.2, 0) is 27.1 Å². The Morgan fingerprint density at radius 1 is 1.36 bits per heavy atom. The van der Waals surface area contributed by atoms with Crippen LogP contribution >= 0.6 is 11.3 Å². The first-order chi connectivity index (χ1) is 12.1. The van der Waals surface area contributed by atoms with Crippen LogP contribution < -0.4 is 10.2 Å². The summed E-state index contributed by atoms with van der Waals surface area (Å²) in [6, 6.07) is 0. The Morgan fingerprint density at radius 3 is 2.84 bits per heavy atom. The molecule has 1 aromatic heterocycles. The monoisotopic (exact) mass is 367 g/mol. The molecule has 0 bridgehead atoms. The van der Waals surface area contributed by atoms with E-state index in [1.807, 2.05) is 0 Å². The van der Waals surface area contributed by atoms with Gasteiger partial charge in [-0.3, -0.25) is 4.79 Å². The van der Waals surface area contributed by atoms with Gasteiger partial charge in [0.1, 0.15) is 18.1 Å². The molecule has 1 aliphatic heterocycles. The minimum atomic E-state index is -0.316. The van der Waals surface area contributed by atoms with Gasteiger partial charge in [0.05, 0.1) is 25.4 Å². The predicted octanol–water partition coefficient (Wildman–Crippen LogP) is 0.903. The Bertz CT molecular complexity index is 637. The number of hydrogen-bond donors (Lipinski definition) is 2. The fourth-order valence-corrected chi connectivity index (χ4v) is 4.91. The molecule has 2 heterocycles. The van der Waals surface area contributed by atoms with E-state index in [0.29, 0.717) is 42.8 Å². The standard InChI is InChI=1S/C18H26N2O4S/c1-3-24-18(22)16-13-5-4-12(2)10-14(13)25-17(16)19-15(21)11-20-6-8-23-9-7-20/h12H,3-11H2,1-2H3,(H,19,21)/p+1/t12-/m0/s1. The first kappa shape index (κ1) is 18.4. The van der Waals surface area contributed by atoms with Crippen LogP contribution in [0.25, 0.3) is 0 Å². The van der Waals surface area contributed by atoms with Gasteiger partial charge in [0, 0.05) is 4.88 Å². The molecule has 1 amide bonds. The first-order valence-electron chi connectivity index (χ1n) is 9.11. The van der Waals surface area contributed by atoms with Gasteiger partial charge in [-0.1, -0.05) is 6.92 Å². The van der Waals surface area contributed by atoms with Crippen LogP contribution in [0.15, 0.2) is 0 Å². The quantitative estimate of drug-likeness (QED) is 0.759. The van der Waals surface area contributed by atoms with Gasteiger partial charge >= 0.3 is 5.97 Å². The molecule has 7 heteroatoms. The summed E-state index contributed by atoms with van der Waals surface area (Å²) < 4.78 is 10.6. The number of fused-ring (bicyclic) bond motifs is 1. The lowest BCUT2D eigenvalue weighted by Gasteiger charge is -2.23. The molecule has 0 saturated carbocycles. The number of esters is 1. The van der Waals surface area contributed by atoms with E-state index in [1.165, 1.54) is 9.78 Å². The zero-order valence-electron chi connectivity index (χ0n) is 15.0. The second-order valence-electron chi connectivity index (χ2n) is 6.86. The largest absolute Gasteiger partial charge is 0.462 e. The number of nitrogens with one attached hydrogen (secondary N) is 2. The first-order valence-corrected chi connectivity index (χ1v) is 9.93. The zero-order chi connectivity index (χ0) is 17.8. The minimum absolute atomic E-state index is 0.0471. The lowest BCUT2D eigenvalue weighted by Crippen LogP contribution is -3.15. The molecule has 0 unspecified atom stereocenters. The SMILES string of the molecule is CCOC(=O)c1c(NC(=O)C[NH+]2CCOCC2)sc2c1CC[C@H](C)C2. The number of thiophene rings is 1. The van der Waals surface area contributed by atoms with Crippen LogP contribution in [0.1, 0.15) is 41.1 Å². The number of ether oxygens (including phenoxy) is 2. The highest BCUT2D eigenvalue weighted by molar-refractivity contribution is 7.17. The molecule has 1 saturated heterocycles. The van der Waals surface area contributed by atoms with Gasteiger partial charge in [0.15, 0.2) is 6.54 Å². The van der Waals surface area contributed by atoms with E-state index in [-0.39, 0.29) is 11.9 Å². The maximum absolute atomic E-state index is 12.5. The number of hydrogen-bond acceptors (Lipinski definition) is 5. The summed E-state index contributed by atoms with van der Waals surface area (Å²) in [4.78, 5) is 27.4. The van der Waals surface area contributed by atoms with E-state index in [9.17, 15) is 9.59 Å². The molecule has 0 spiro atoms. The van der Waals surface area contributed by atoms with Crippen molar-refractivity contribution in [2.24, 2.45) is 5.92 Å². The van der Waals surface area contributed by atoms with E-state index in [1.54, 1.807) is 18.3 Å². The summed E-state index contributed by atoms with van der Waals surface area (Å²) in [6.45, 7) is 7.86. The lowest BCUT2D eigenvalue weighted by molar-refractivity contribution is -0.899. The van der Waals surface area contributed by atoms with Gasteiger partial charge in [0.25, 0.3) is 5.91 Å². The van der Waals surface area contributed by atoms with Gasteiger partial charge in [0.2, 0.25) is 0 Å². The highest BCUT2D eigenvalue weighted by Gasteiger charge is 2.29. The maximum Gasteiger partial charge on any atom is 0.341 e. The molecule has 2 N–H and O–H groups in total. The second-order valence-corrected chi connectivity index (χ2v) is 7.97. The Labute approximate surface area is 152 Å². The molecule has 0 radical (unpaired) electrons. The molecule has 1 aliphatic carbocycles. The van der Waals surface area contributed by atoms with E-state index in [2.05, 4.69) is 12.2 Å². The van der Waals surface area contributed by atoms with Gasteiger partial charge in [-0.15, -0.1) is 11.3 Å². The van der Waals surface area contributed by atoms with Crippen LogP contribution in [0.4, 0.5) is 5.00 Å². The molecule has 6 nitrogen and oxygen atoms in total. The van der Waals surface area contributed by atoms with Crippen molar-refractivity contribution in [2.45, 2.75) is 33.1 Å². The highest BCUT2D eigenvalue weighted by atomic mass is 32.1. The van der Waals surface area contributed by atoms with Crippen molar-refractivity contribution in [3.05, 3.63) is 16.0 Å². The number of anilines is 1. The molecule has 0 aromatic carbocycles. The predicted molar refractivity (Wildman–Crippen MR) is 96.5 cm³/mol. The molecule has 1 aromatic rings. The van der Waals surface area contributed by atoms with E-state index < -0.39 is 0 Å². The number of carbonyl (C=O) groups excluding carboxylic acids is 2. The normalized spacial score (nSPS) is 20.8. The van der Waals surface area contributed by atoms with Crippen LogP contribution in [0.5, 0.6) is 0 Å². The fraction of sp³-hybridized carbons (Fsp3) is 0.667. The molecule has 3 rings (SSSR count). The van der Waals surface area contributed by atoms with Gasteiger partial charge in [-0.25, -0.2) is 4.79 Å². The smallest absolute Gasteiger partial charge is 0.341 e. The summed E-state index contributed by atoms with van der Waals surface area (Å²) in [7, 11) is 0. The number of carbonyl (C=O) groups is 2. The summed E-state index contributed by atoms with van der Waals surface area (Å²) >= 11 is 1.54. The summed E-state index contributed by atoms with van der Waals surface area (Å²) in [5.74, 6) is 0.250. The average molecular weight is 367 g/mol. The molecule has 1 atom stereocenters. The number of quaternary nitrogens is 1. The Hall–Kier alpha value is -1.44. The third-order valence-electron chi connectivity index (χ3n) is 4.85. The fourth-order valence-electron chi connectivity index (χ4n) is 3.49. The second kappa shape index (κ2) is 8.29. The van der Waals surface area contributed by atoms with Crippen molar-refractivity contribution in [3.63, 3.8) is 0 Å². The molecule has 25 heavy (non-hydrogen) atoms. The average Bonchev–Trinajstić information content (AvgIpc) is 2.92. The van der Waals surface area contributed by atoms with Crippen molar-refractivity contribution in [3.8, 4) is 0 Å². The van der Waals surface area contributed by atoms with Gasteiger partial charge < -0.3 is 19.7 Å². The van der Waals surface area contributed by atoms with Crippen LogP contribution in [0.3, 0.4) is 0 Å². The Morgan fingerprint density at radius 2 is 2.12 bits per heavy atom. The van der Waals surface area contributed by atoms with Gasteiger partial charge in [-0.05, 0) is 37.7 Å². The number of morpholine rings is 1. The van der Waals surface area contributed by atoms with E-state index in [0.717, 1.165) is 37.9 Å². The minimum Gasteiger partial charge on any atom is -0.462 e. The van der Waals surface area contributed by atoms with Crippen LogP contribution in [0.2, 0.25) is 0 Å². The van der Waals surface area contributed by atoms with Crippen LogP contribution in [0, 0.1) is 5.92 Å². The summed E-state index contributed by atoms with van der Waals surface area (Å²) in [5.41, 5.74) is 1.66. The maximum atomic E-state index is 12.5. The topological polar surface area (TPSA) is 69.1 Å². The zero-order valence-corrected chi connectivity index (χ0v) is 15.8. The van der Waals surface area contributed by atoms with Crippen molar-refractivity contribution in [2.75, 3.05) is 44.8 Å². The Kier molecular flexibility index (Phi) is 6.09. The van der Waals surface area contributed by atoms with Gasteiger partial charge in [-0.2, -0.15) is 0 Å². The third kappa shape index (κ3) is 4.40. The third-order valence-corrected chi connectivity index (χ3v) is 6.02. The van der Waals surface area contributed by atoms with E-state index in [4.69, 9.17) is 9.47 Å².